The Hall–Kier alpha value is -0.980. The summed E-state index contributed by atoms with van der Waals surface area (Å²) in [6.07, 6.45) is 4.44. The zero-order chi connectivity index (χ0) is 14.9. The smallest absolute Gasteiger partial charge is 0.243 e. The van der Waals surface area contributed by atoms with E-state index in [-0.39, 0.29) is 4.90 Å². The number of hydrogen-bond donors (Lipinski definition) is 1. The molecule has 2 fully saturated rings. The molecule has 0 aliphatic carbocycles. The number of likely N-dealkylation sites (tertiary alicyclic amines) is 1. The van der Waals surface area contributed by atoms with Crippen LogP contribution in [0.2, 0.25) is 0 Å². The standard InChI is InChI=1S/C15H21FN2O2S/c16-13-3-5-15(6-4-13)21(19,20)18-11-7-14(8-12-18)17-9-1-2-10-17/h3-6,14H,1-2,7-12H2/p+1. The van der Waals surface area contributed by atoms with Crippen LogP contribution >= 0.6 is 0 Å². The summed E-state index contributed by atoms with van der Waals surface area (Å²) >= 11 is 0. The van der Waals surface area contributed by atoms with Crippen LogP contribution in [0.1, 0.15) is 25.7 Å². The first-order valence-electron chi connectivity index (χ1n) is 7.68. The van der Waals surface area contributed by atoms with Crippen molar-refractivity contribution in [3.05, 3.63) is 30.1 Å². The topological polar surface area (TPSA) is 41.8 Å². The second-order valence-corrected chi connectivity index (χ2v) is 7.94. The maximum absolute atomic E-state index is 12.9. The average molecular weight is 313 g/mol. The monoisotopic (exact) mass is 313 g/mol. The van der Waals surface area contributed by atoms with Crippen LogP contribution in [-0.2, 0) is 10.0 Å². The van der Waals surface area contributed by atoms with E-state index < -0.39 is 15.8 Å². The van der Waals surface area contributed by atoms with Crippen molar-refractivity contribution in [1.82, 2.24) is 4.31 Å². The molecule has 3 rings (SSSR count). The minimum atomic E-state index is -3.47. The summed E-state index contributed by atoms with van der Waals surface area (Å²) in [7, 11) is -3.47. The van der Waals surface area contributed by atoms with Gasteiger partial charge in [-0.1, -0.05) is 0 Å². The van der Waals surface area contributed by atoms with Crippen LogP contribution in [0.25, 0.3) is 0 Å². The van der Waals surface area contributed by atoms with Crippen LogP contribution in [0.4, 0.5) is 4.39 Å². The number of halogens is 1. The summed E-state index contributed by atoms with van der Waals surface area (Å²) in [4.78, 5) is 1.84. The van der Waals surface area contributed by atoms with Gasteiger partial charge < -0.3 is 4.90 Å². The van der Waals surface area contributed by atoms with Crippen molar-refractivity contribution in [1.29, 1.82) is 0 Å². The fraction of sp³-hybridized carbons (Fsp3) is 0.600. The largest absolute Gasteiger partial charge is 0.332 e. The Morgan fingerprint density at radius 3 is 2.19 bits per heavy atom. The fourth-order valence-corrected chi connectivity index (χ4v) is 4.97. The molecule has 1 N–H and O–H groups in total. The van der Waals surface area contributed by atoms with E-state index in [9.17, 15) is 12.8 Å². The van der Waals surface area contributed by atoms with E-state index in [1.165, 1.54) is 50.2 Å². The van der Waals surface area contributed by atoms with Crippen LogP contribution < -0.4 is 4.90 Å². The number of piperidine rings is 1. The third kappa shape index (κ3) is 3.12. The van der Waals surface area contributed by atoms with E-state index >= 15 is 0 Å². The molecule has 2 aliphatic rings. The normalized spacial score (nSPS) is 22.7. The van der Waals surface area contributed by atoms with Gasteiger partial charge in [-0.3, -0.25) is 0 Å². The summed E-state index contributed by atoms with van der Waals surface area (Å²) in [5.74, 6) is -0.412. The van der Waals surface area contributed by atoms with E-state index in [4.69, 9.17) is 0 Å². The molecule has 0 atom stereocenters. The Morgan fingerprint density at radius 1 is 1.05 bits per heavy atom. The molecule has 2 aliphatic heterocycles. The van der Waals surface area contributed by atoms with Crippen molar-refractivity contribution >= 4 is 10.0 Å². The quantitative estimate of drug-likeness (QED) is 0.891. The molecule has 0 unspecified atom stereocenters. The zero-order valence-electron chi connectivity index (χ0n) is 12.1. The van der Waals surface area contributed by atoms with Crippen LogP contribution in [0.5, 0.6) is 0 Å². The second-order valence-electron chi connectivity index (χ2n) is 6.00. The van der Waals surface area contributed by atoms with Crippen molar-refractivity contribution in [2.24, 2.45) is 0 Å². The van der Waals surface area contributed by atoms with Crippen LogP contribution in [0, 0.1) is 5.82 Å². The molecule has 0 aromatic heterocycles. The summed E-state index contributed by atoms with van der Waals surface area (Å²) in [5.41, 5.74) is 0. The van der Waals surface area contributed by atoms with Gasteiger partial charge in [-0.15, -0.1) is 0 Å². The number of nitrogens with zero attached hydrogens (tertiary/aromatic N) is 1. The molecule has 0 bridgehead atoms. The second kappa shape index (κ2) is 6.02. The van der Waals surface area contributed by atoms with E-state index in [1.807, 2.05) is 0 Å². The molecular weight excluding hydrogens is 291 g/mol. The van der Waals surface area contributed by atoms with Crippen molar-refractivity contribution in [2.45, 2.75) is 36.6 Å². The Kier molecular flexibility index (Phi) is 4.28. The van der Waals surface area contributed by atoms with Crippen molar-refractivity contribution in [3.63, 3.8) is 0 Å². The third-order valence-electron chi connectivity index (χ3n) is 4.73. The number of hydrogen-bond acceptors (Lipinski definition) is 2. The first-order chi connectivity index (χ1) is 10.1. The highest BCUT2D eigenvalue weighted by Crippen LogP contribution is 2.20. The van der Waals surface area contributed by atoms with E-state index in [0.29, 0.717) is 19.1 Å². The van der Waals surface area contributed by atoms with Gasteiger partial charge in [-0.25, -0.2) is 12.8 Å². The van der Waals surface area contributed by atoms with Crippen LogP contribution in [-0.4, -0.2) is 44.9 Å². The maximum Gasteiger partial charge on any atom is 0.243 e. The van der Waals surface area contributed by atoms with Gasteiger partial charge in [0.15, 0.2) is 0 Å². The third-order valence-corrected chi connectivity index (χ3v) is 6.64. The number of sulfonamides is 1. The van der Waals surface area contributed by atoms with Crippen molar-refractivity contribution < 1.29 is 17.7 Å². The Balaban J connectivity index is 1.66. The Labute approximate surface area is 125 Å². The van der Waals surface area contributed by atoms with E-state index in [0.717, 1.165) is 12.8 Å². The molecule has 1 aromatic rings. The molecule has 4 nitrogen and oxygen atoms in total. The van der Waals surface area contributed by atoms with Crippen molar-refractivity contribution in [2.75, 3.05) is 26.2 Å². The molecule has 2 heterocycles. The lowest BCUT2D eigenvalue weighted by atomic mass is 10.1. The Morgan fingerprint density at radius 2 is 1.62 bits per heavy atom. The number of quaternary nitrogens is 1. The predicted octanol–water partition coefficient (Wildman–Crippen LogP) is 0.657. The zero-order valence-corrected chi connectivity index (χ0v) is 12.9. The molecule has 0 radical (unpaired) electrons. The first-order valence-corrected chi connectivity index (χ1v) is 9.12. The van der Waals surface area contributed by atoms with Gasteiger partial charge in [0, 0.05) is 38.8 Å². The maximum atomic E-state index is 12.9. The molecule has 2 saturated heterocycles. The minimum absolute atomic E-state index is 0.191. The number of benzene rings is 1. The van der Waals surface area contributed by atoms with Gasteiger partial charge in [-0.2, -0.15) is 4.31 Å². The highest BCUT2D eigenvalue weighted by molar-refractivity contribution is 7.89. The molecule has 1 aromatic carbocycles. The van der Waals surface area contributed by atoms with E-state index in [2.05, 4.69) is 0 Å². The van der Waals surface area contributed by atoms with Gasteiger partial charge in [0.1, 0.15) is 5.82 Å². The molecular formula is C15H22FN2O2S+. The number of rotatable bonds is 3. The molecule has 0 saturated carbocycles. The van der Waals surface area contributed by atoms with Gasteiger partial charge in [0.2, 0.25) is 10.0 Å². The van der Waals surface area contributed by atoms with Gasteiger partial charge in [-0.05, 0) is 24.3 Å². The summed E-state index contributed by atoms with van der Waals surface area (Å²) in [6, 6.07) is 5.71. The molecule has 21 heavy (non-hydrogen) atoms. The van der Waals surface area contributed by atoms with Gasteiger partial charge in [0.25, 0.3) is 0 Å². The highest BCUT2D eigenvalue weighted by atomic mass is 32.2. The van der Waals surface area contributed by atoms with Gasteiger partial charge >= 0.3 is 0 Å². The first kappa shape index (κ1) is 14.9. The lowest BCUT2D eigenvalue weighted by Gasteiger charge is -2.33. The van der Waals surface area contributed by atoms with E-state index in [1.54, 1.807) is 9.21 Å². The SMILES string of the molecule is O=S(=O)(c1ccc(F)cc1)N1CCC([NH+]2CCCC2)CC1. The summed E-state index contributed by atoms with van der Waals surface area (Å²) in [6.45, 7) is 3.62. The minimum Gasteiger partial charge on any atom is -0.332 e. The van der Waals surface area contributed by atoms with Crippen LogP contribution in [0.3, 0.4) is 0 Å². The fourth-order valence-electron chi connectivity index (χ4n) is 3.50. The molecule has 6 heteroatoms. The van der Waals surface area contributed by atoms with Crippen LogP contribution in [0.15, 0.2) is 29.2 Å². The lowest BCUT2D eigenvalue weighted by molar-refractivity contribution is -0.914. The summed E-state index contributed by atoms with van der Waals surface area (Å²) in [5, 5.41) is 0. The predicted molar refractivity (Wildman–Crippen MR) is 78.1 cm³/mol. The molecule has 0 amide bonds. The van der Waals surface area contributed by atoms with Gasteiger partial charge in [0.05, 0.1) is 24.0 Å². The Bertz CT molecular complexity index is 574. The number of nitrogens with one attached hydrogen (secondary N) is 1. The van der Waals surface area contributed by atoms with Crippen molar-refractivity contribution in [3.8, 4) is 0 Å². The average Bonchev–Trinajstić information content (AvgIpc) is 3.02. The molecule has 116 valence electrons. The highest BCUT2D eigenvalue weighted by Gasteiger charge is 2.34. The summed E-state index contributed by atoms with van der Waals surface area (Å²) < 4.78 is 39.5. The molecule has 0 spiro atoms. The lowest BCUT2D eigenvalue weighted by Crippen LogP contribution is -3.14.